The van der Waals surface area contributed by atoms with Gasteiger partial charge in [0.2, 0.25) is 21.8 Å². The number of nitrogens with zero attached hydrogens (tertiary/aromatic N) is 1. The van der Waals surface area contributed by atoms with Gasteiger partial charge in [0.05, 0.1) is 10.9 Å². The van der Waals surface area contributed by atoms with E-state index in [0.717, 1.165) is 6.42 Å². The van der Waals surface area contributed by atoms with Crippen LogP contribution in [0.2, 0.25) is 0 Å². The summed E-state index contributed by atoms with van der Waals surface area (Å²) < 4.78 is 32.4. The van der Waals surface area contributed by atoms with Gasteiger partial charge in [0.25, 0.3) is 5.91 Å². The fourth-order valence-corrected chi connectivity index (χ4v) is 7.49. The van der Waals surface area contributed by atoms with E-state index in [2.05, 4.69) is 22.3 Å². The predicted octanol–water partition coefficient (Wildman–Crippen LogP) is 2.12. The molecule has 242 valence electrons. The smallest absolute Gasteiger partial charge is 0.408 e. The average Bonchev–Trinajstić information content (AvgIpc) is 3.77. The molecular weight excluding hydrogens is 576 g/mol. The van der Waals surface area contributed by atoms with Crippen LogP contribution in [0, 0.1) is 17.8 Å². The topological polar surface area (TPSA) is 171 Å². The van der Waals surface area contributed by atoms with E-state index in [0.29, 0.717) is 32.1 Å². The van der Waals surface area contributed by atoms with Crippen molar-refractivity contribution in [3.63, 3.8) is 0 Å². The zero-order valence-corrected chi connectivity index (χ0v) is 27.0. The fourth-order valence-electron chi connectivity index (χ4n) is 6.18. The van der Waals surface area contributed by atoms with Crippen LogP contribution in [0.25, 0.3) is 0 Å². The number of aliphatic hydroxyl groups excluding tert-OH is 1. The van der Waals surface area contributed by atoms with Crippen molar-refractivity contribution in [3.05, 3.63) is 12.2 Å². The van der Waals surface area contributed by atoms with Gasteiger partial charge in [-0.3, -0.25) is 19.1 Å². The van der Waals surface area contributed by atoms with Gasteiger partial charge in [-0.25, -0.2) is 13.2 Å². The summed E-state index contributed by atoms with van der Waals surface area (Å²) in [4.78, 5) is 55.6. The molecule has 4 aliphatic rings. The molecule has 2 heterocycles. The Hall–Kier alpha value is -2.67. The molecule has 3 fully saturated rings. The normalized spacial score (nSPS) is 35.3. The molecule has 4 rings (SSSR count). The van der Waals surface area contributed by atoms with E-state index in [1.165, 1.54) is 4.90 Å². The van der Waals surface area contributed by atoms with E-state index >= 15 is 0 Å². The minimum Gasteiger partial charge on any atom is -0.444 e. The van der Waals surface area contributed by atoms with Crippen LogP contribution in [0.15, 0.2) is 12.2 Å². The number of allylic oxidation sites excluding steroid dienone is 1. The average molecular weight is 625 g/mol. The maximum absolute atomic E-state index is 14.1. The van der Waals surface area contributed by atoms with Crippen molar-refractivity contribution < 1.29 is 37.4 Å². The highest BCUT2D eigenvalue weighted by Crippen LogP contribution is 2.47. The van der Waals surface area contributed by atoms with Crippen molar-refractivity contribution in [1.29, 1.82) is 0 Å². The molecule has 0 spiro atoms. The molecule has 0 aromatic heterocycles. The first-order valence-corrected chi connectivity index (χ1v) is 16.9. The Morgan fingerprint density at radius 3 is 2.49 bits per heavy atom. The highest BCUT2D eigenvalue weighted by Gasteiger charge is 2.63. The van der Waals surface area contributed by atoms with E-state index in [1.54, 1.807) is 27.7 Å². The van der Waals surface area contributed by atoms with Gasteiger partial charge in [0.15, 0.2) is 0 Å². The summed E-state index contributed by atoms with van der Waals surface area (Å²) in [7, 11) is -3.94. The monoisotopic (exact) mass is 624 g/mol. The van der Waals surface area contributed by atoms with Crippen LogP contribution in [0.4, 0.5) is 4.79 Å². The quantitative estimate of drug-likeness (QED) is 0.337. The summed E-state index contributed by atoms with van der Waals surface area (Å²) in [5.41, 5.74) is -2.28. The van der Waals surface area contributed by atoms with Gasteiger partial charge in [-0.1, -0.05) is 32.4 Å². The van der Waals surface area contributed by atoms with Gasteiger partial charge in [0, 0.05) is 18.9 Å². The van der Waals surface area contributed by atoms with Crippen LogP contribution >= 0.6 is 0 Å². The molecular formula is C30H48N4O8S. The van der Waals surface area contributed by atoms with E-state index in [-0.39, 0.29) is 31.2 Å². The zero-order chi connectivity index (χ0) is 32.0. The second kappa shape index (κ2) is 12.0. The number of amides is 4. The summed E-state index contributed by atoms with van der Waals surface area (Å²) in [5.74, 6) is -2.45. The summed E-state index contributed by atoms with van der Waals surface area (Å²) in [6, 6.07) is -2.11. The molecule has 2 saturated carbocycles. The van der Waals surface area contributed by atoms with E-state index in [1.807, 2.05) is 19.1 Å². The van der Waals surface area contributed by atoms with Gasteiger partial charge in [0.1, 0.15) is 23.2 Å². The molecule has 1 unspecified atom stereocenters. The molecule has 2 aliphatic carbocycles. The Labute approximate surface area is 254 Å². The molecule has 7 atom stereocenters. The predicted molar refractivity (Wildman–Crippen MR) is 159 cm³/mol. The van der Waals surface area contributed by atoms with Crippen molar-refractivity contribution >= 4 is 33.8 Å². The Bertz CT molecular complexity index is 1260. The third-order valence-electron chi connectivity index (χ3n) is 9.29. The van der Waals surface area contributed by atoms with Gasteiger partial charge in [-0.05, 0) is 78.1 Å². The van der Waals surface area contributed by atoms with E-state index in [4.69, 9.17) is 4.74 Å². The zero-order valence-electron chi connectivity index (χ0n) is 26.1. The van der Waals surface area contributed by atoms with Crippen LogP contribution < -0.4 is 15.4 Å². The highest BCUT2D eigenvalue weighted by molar-refractivity contribution is 7.91. The van der Waals surface area contributed by atoms with Crippen molar-refractivity contribution in [2.45, 2.75) is 127 Å². The molecule has 43 heavy (non-hydrogen) atoms. The van der Waals surface area contributed by atoms with E-state index in [9.17, 15) is 32.7 Å². The minimum absolute atomic E-state index is 0.0570. The lowest BCUT2D eigenvalue weighted by molar-refractivity contribution is -0.142. The fraction of sp³-hybridized carbons (Fsp3) is 0.800. The summed E-state index contributed by atoms with van der Waals surface area (Å²) in [6.07, 6.45) is 5.82. The number of fused-ring (bicyclic) bond motifs is 2. The number of hydrogen-bond acceptors (Lipinski definition) is 8. The molecule has 13 heteroatoms. The van der Waals surface area contributed by atoms with Crippen molar-refractivity contribution in [1.82, 2.24) is 20.3 Å². The van der Waals surface area contributed by atoms with Crippen LogP contribution in [0.1, 0.15) is 92.9 Å². The number of nitrogens with one attached hydrogen (secondary N) is 3. The molecule has 0 aromatic rings. The number of rotatable bonds is 5. The molecule has 4 amide bonds. The summed E-state index contributed by atoms with van der Waals surface area (Å²) in [6.45, 7) is 10.7. The standard InChI is InChI=1S/C30H48N4O8S/c1-7-19-14-18(2)10-8-9-11-20-16-30(20,26(38)33-43(40,41)29(6)12-13-29)32-24(36)22-15-21(35)17-34(22)25(37)23(19)31-27(39)42-28(3,4)5/h9,11,18-23,35H,7-8,10,12-17H2,1-6H3,(H,31,39)(H,32,36)(H,33,38)/b11-9-/t18?,19-,20-,21-,22+,23+,30-/m1/s1. The third-order valence-corrected chi connectivity index (χ3v) is 11.5. The Morgan fingerprint density at radius 2 is 1.88 bits per heavy atom. The number of carbonyl (C=O) groups is 4. The van der Waals surface area contributed by atoms with Crippen LogP contribution in [-0.2, 0) is 29.1 Å². The van der Waals surface area contributed by atoms with Crippen LogP contribution in [0.5, 0.6) is 0 Å². The summed E-state index contributed by atoms with van der Waals surface area (Å²) in [5, 5.41) is 16.1. The maximum atomic E-state index is 14.1. The molecule has 0 bridgehead atoms. The van der Waals surface area contributed by atoms with Gasteiger partial charge in [-0.2, -0.15) is 0 Å². The van der Waals surface area contributed by atoms with Gasteiger partial charge >= 0.3 is 6.09 Å². The third kappa shape index (κ3) is 7.35. The van der Waals surface area contributed by atoms with E-state index < -0.39 is 73.8 Å². The maximum Gasteiger partial charge on any atom is 0.408 e. The van der Waals surface area contributed by atoms with Crippen LogP contribution in [-0.4, -0.2) is 82.9 Å². The van der Waals surface area contributed by atoms with Gasteiger partial charge < -0.3 is 25.4 Å². The first kappa shape index (κ1) is 33.2. The van der Waals surface area contributed by atoms with Gasteiger partial charge in [-0.15, -0.1) is 0 Å². The van der Waals surface area contributed by atoms with Crippen molar-refractivity contribution in [2.24, 2.45) is 17.8 Å². The molecule has 4 N–H and O–H groups in total. The number of sulfonamides is 1. The number of hydrogen-bond donors (Lipinski definition) is 4. The lowest BCUT2D eigenvalue weighted by Crippen LogP contribution is -2.59. The lowest BCUT2D eigenvalue weighted by atomic mass is 9.85. The number of aliphatic hydroxyl groups is 1. The first-order chi connectivity index (χ1) is 19.9. The second-order valence-electron chi connectivity index (χ2n) is 14.2. The first-order valence-electron chi connectivity index (χ1n) is 15.4. The molecule has 0 radical (unpaired) electrons. The van der Waals surface area contributed by atoms with Crippen LogP contribution in [0.3, 0.4) is 0 Å². The second-order valence-corrected chi connectivity index (χ2v) is 16.4. The Morgan fingerprint density at radius 1 is 1.21 bits per heavy atom. The number of alkyl carbamates (subject to hydrolysis) is 1. The Balaban J connectivity index is 1.65. The molecule has 1 saturated heterocycles. The number of ether oxygens (including phenoxy) is 1. The molecule has 12 nitrogen and oxygen atoms in total. The molecule has 0 aromatic carbocycles. The van der Waals surface area contributed by atoms with Crippen molar-refractivity contribution in [3.8, 4) is 0 Å². The molecule has 2 aliphatic heterocycles. The Kier molecular flexibility index (Phi) is 9.29. The number of carbonyl (C=O) groups excluding carboxylic acids is 4. The largest absolute Gasteiger partial charge is 0.444 e. The van der Waals surface area contributed by atoms with Crippen molar-refractivity contribution in [2.75, 3.05) is 6.54 Å². The minimum atomic E-state index is -3.94. The summed E-state index contributed by atoms with van der Waals surface area (Å²) >= 11 is 0. The lowest BCUT2D eigenvalue weighted by Gasteiger charge is -2.34. The SMILES string of the molecule is CC[C@@H]1CC(C)CC/C=C\[C@@H]2C[C@@]2(C(=O)NS(=O)(=O)C2(C)CC2)NC(=O)[C@@H]2C[C@@H](O)CN2C(=O)[C@H]1NC(=O)OC(C)(C)C. The highest BCUT2D eigenvalue weighted by atomic mass is 32.2.